The first kappa shape index (κ1) is 11.9. The lowest BCUT2D eigenvalue weighted by Gasteiger charge is -2.68. The van der Waals surface area contributed by atoms with Crippen LogP contribution >= 0.6 is 0 Å². The van der Waals surface area contributed by atoms with E-state index in [1.54, 1.807) is 0 Å². The normalized spacial score (nSPS) is 33.8. The van der Waals surface area contributed by atoms with Gasteiger partial charge in [0.25, 0.3) is 0 Å². The lowest BCUT2D eigenvalue weighted by Crippen LogP contribution is -2.72. The number of benzene rings is 2. The summed E-state index contributed by atoms with van der Waals surface area (Å²) < 4.78 is 0. The monoisotopic (exact) mass is 263 g/mol. The van der Waals surface area contributed by atoms with Gasteiger partial charge in [0.2, 0.25) is 0 Å². The molecule has 100 valence electrons. The minimum absolute atomic E-state index is 0.0279. The fourth-order valence-electron chi connectivity index (χ4n) is 4.18. The quantitative estimate of drug-likeness (QED) is 0.732. The molecule has 2 aliphatic carbocycles. The zero-order chi connectivity index (χ0) is 14.1. The van der Waals surface area contributed by atoms with Crippen LogP contribution in [0.25, 0.3) is 0 Å². The highest BCUT2D eigenvalue weighted by Gasteiger charge is 2.62. The Balaban J connectivity index is 2.07. The Bertz CT molecular complexity index is 749. The molecule has 0 saturated carbocycles. The van der Waals surface area contributed by atoms with Gasteiger partial charge in [0.1, 0.15) is 0 Å². The van der Waals surface area contributed by atoms with E-state index in [9.17, 15) is 9.90 Å². The van der Waals surface area contributed by atoms with Crippen LogP contribution in [0, 0.1) is 0 Å². The molecule has 20 heavy (non-hydrogen) atoms. The van der Waals surface area contributed by atoms with E-state index >= 15 is 0 Å². The van der Waals surface area contributed by atoms with Gasteiger partial charge in [-0.05, 0) is 24.0 Å². The second-order valence-electron chi connectivity index (χ2n) is 6.04. The van der Waals surface area contributed by atoms with Crippen molar-refractivity contribution < 1.29 is 9.90 Å². The van der Waals surface area contributed by atoms with E-state index in [-0.39, 0.29) is 11.7 Å². The number of ketones is 1. The van der Waals surface area contributed by atoms with Gasteiger partial charge >= 0.3 is 0 Å². The van der Waals surface area contributed by atoms with Gasteiger partial charge in [0.05, 0.1) is 5.41 Å². The van der Waals surface area contributed by atoms with Crippen molar-refractivity contribution in [1.29, 1.82) is 0 Å². The Hall–Kier alpha value is -1.93. The average Bonchev–Trinajstić information content (AvgIpc) is 2.50. The molecule has 0 saturated heterocycles. The van der Waals surface area contributed by atoms with Crippen LogP contribution in [0.2, 0.25) is 0 Å². The number of carbonyl (C=O) groups excluding carboxylic acids is 1. The van der Waals surface area contributed by atoms with Crippen LogP contribution in [0.1, 0.15) is 46.8 Å². The predicted molar refractivity (Wildman–Crippen MR) is 74.7 cm³/mol. The molecule has 2 aromatic rings. The van der Waals surface area contributed by atoms with Crippen LogP contribution in [0.5, 0.6) is 0 Å². The maximum absolute atomic E-state index is 13.6. The second kappa shape index (κ2) is 3.39. The summed E-state index contributed by atoms with van der Waals surface area (Å²) in [5.74, 6) is -0.226. The van der Waals surface area contributed by atoms with E-state index in [2.05, 4.69) is 0 Å². The van der Waals surface area contributed by atoms with E-state index in [0.717, 1.165) is 16.7 Å². The first-order valence-electron chi connectivity index (χ1n) is 6.97. The molecule has 3 atom stereocenters. The fraction of sp³-hybridized carbons (Fsp3) is 0.278. The molecule has 0 amide bonds. The number of hydrogen-bond donors (Lipinski definition) is 0. The summed E-state index contributed by atoms with van der Waals surface area (Å²) in [6, 6.07) is 15.1. The highest BCUT2D eigenvalue weighted by Crippen LogP contribution is 2.62. The van der Waals surface area contributed by atoms with Crippen LogP contribution in [-0.2, 0) is 11.0 Å². The van der Waals surface area contributed by atoms with Gasteiger partial charge in [0, 0.05) is 5.56 Å². The first-order valence-corrected chi connectivity index (χ1v) is 6.97. The average molecular weight is 263 g/mol. The van der Waals surface area contributed by atoms with E-state index in [0.29, 0.717) is 5.56 Å². The van der Waals surface area contributed by atoms with Crippen molar-refractivity contribution in [3.05, 3.63) is 70.8 Å². The van der Waals surface area contributed by atoms with Crippen molar-refractivity contribution in [2.75, 3.05) is 0 Å². The van der Waals surface area contributed by atoms with Crippen LogP contribution in [-0.4, -0.2) is 5.78 Å². The van der Waals surface area contributed by atoms with Crippen LogP contribution in [0.3, 0.4) is 0 Å². The Labute approximate surface area is 118 Å². The minimum atomic E-state index is -1.34. The molecule has 0 heterocycles. The molecule has 0 N–H and O–H groups in total. The molecule has 2 aliphatic rings. The molecule has 2 aromatic carbocycles. The summed E-state index contributed by atoms with van der Waals surface area (Å²) >= 11 is 0. The number of rotatable bonds is 0. The third-order valence-corrected chi connectivity index (χ3v) is 5.34. The molecular weight excluding hydrogens is 248 g/mol. The molecule has 4 rings (SSSR count). The SMILES string of the molecule is CC1c2ccccc2C(=O)C2(C)c3ccccc3C12[O-]. The fourth-order valence-corrected chi connectivity index (χ4v) is 4.18. The van der Waals surface area contributed by atoms with Crippen molar-refractivity contribution >= 4 is 5.78 Å². The van der Waals surface area contributed by atoms with E-state index in [1.165, 1.54) is 0 Å². The van der Waals surface area contributed by atoms with Crippen molar-refractivity contribution in [2.45, 2.75) is 30.8 Å². The predicted octanol–water partition coefficient (Wildman–Crippen LogP) is 2.51. The third kappa shape index (κ3) is 0.979. The van der Waals surface area contributed by atoms with Crippen molar-refractivity contribution in [3.8, 4) is 0 Å². The smallest absolute Gasteiger partial charge is 0.172 e. The van der Waals surface area contributed by atoms with Crippen LogP contribution in [0.4, 0.5) is 0 Å². The van der Waals surface area contributed by atoms with Gasteiger partial charge in [-0.1, -0.05) is 66.6 Å². The molecule has 0 bridgehead atoms. The van der Waals surface area contributed by atoms with Gasteiger partial charge < -0.3 is 5.11 Å². The zero-order valence-electron chi connectivity index (χ0n) is 11.5. The molecule has 2 heteroatoms. The molecular formula is C18H15O2-. The lowest BCUT2D eigenvalue weighted by molar-refractivity contribution is -0.519. The summed E-state index contributed by atoms with van der Waals surface area (Å²) in [4.78, 5) is 12.9. The molecule has 0 fully saturated rings. The largest absolute Gasteiger partial charge is 0.845 e. The zero-order valence-corrected chi connectivity index (χ0v) is 11.5. The number of carbonyl (C=O) groups is 1. The van der Waals surface area contributed by atoms with Crippen molar-refractivity contribution in [1.82, 2.24) is 0 Å². The maximum Gasteiger partial charge on any atom is 0.172 e. The second-order valence-corrected chi connectivity index (χ2v) is 6.04. The number of Topliss-reactive ketones (excluding diaryl/α,β-unsaturated/α-hetero) is 1. The molecule has 0 spiro atoms. The van der Waals surface area contributed by atoms with Crippen LogP contribution in [0.15, 0.2) is 48.5 Å². The van der Waals surface area contributed by atoms with E-state index in [4.69, 9.17) is 0 Å². The standard InChI is InChI=1S/C18H15O2/c1-11-12-7-3-4-8-13(12)16(19)17(2)14-9-5-6-10-15(14)18(11,17)20/h3-11H,1-2H3/q-1. The lowest BCUT2D eigenvalue weighted by atomic mass is 9.44. The molecule has 2 nitrogen and oxygen atoms in total. The highest BCUT2D eigenvalue weighted by molar-refractivity contribution is 6.09. The van der Waals surface area contributed by atoms with Gasteiger partial charge in [-0.25, -0.2) is 0 Å². The Morgan fingerprint density at radius 1 is 1.00 bits per heavy atom. The van der Waals surface area contributed by atoms with E-state index in [1.807, 2.05) is 62.4 Å². The third-order valence-electron chi connectivity index (χ3n) is 5.34. The molecule has 3 unspecified atom stereocenters. The number of fused-ring (bicyclic) bond motifs is 5. The Morgan fingerprint density at radius 2 is 1.60 bits per heavy atom. The maximum atomic E-state index is 13.6. The van der Waals surface area contributed by atoms with Crippen molar-refractivity contribution in [3.63, 3.8) is 0 Å². The van der Waals surface area contributed by atoms with E-state index < -0.39 is 11.0 Å². The van der Waals surface area contributed by atoms with Gasteiger partial charge in [-0.2, -0.15) is 0 Å². The Kier molecular flexibility index (Phi) is 2.01. The summed E-state index contributed by atoms with van der Waals surface area (Å²) in [6.07, 6.45) is 0. The van der Waals surface area contributed by atoms with Gasteiger partial charge in [0.15, 0.2) is 5.78 Å². The van der Waals surface area contributed by atoms with Gasteiger partial charge in [-0.3, -0.25) is 4.79 Å². The summed E-state index contributed by atoms with van der Waals surface area (Å²) in [5, 5.41) is 13.6. The molecule has 0 radical (unpaired) electrons. The van der Waals surface area contributed by atoms with Crippen LogP contribution < -0.4 is 5.11 Å². The van der Waals surface area contributed by atoms with Crippen molar-refractivity contribution in [2.24, 2.45) is 0 Å². The highest BCUT2D eigenvalue weighted by atomic mass is 16.3. The topological polar surface area (TPSA) is 40.1 Å². The molecule has 0 aliphatic heterocycles. The summed E-state index contributed by atoms with van der Waals surface area (Å²) in [6.45, 7) is 3.77. The Morgan fingerprint density at radius 3 is 2.35 bits per heavy atom. The minimum Gasteiger partial charge on any atom is -0.845 e. The first-order chi connectivity index (χ1) is 9.53. The number of hydrogen-bond acceptors (Lipinski definition) is 2. The van der Waals surface area contributed by atoms with Gasteiger partial charge in [-0.15, -0.1) is 0 Å². The summed E-state index contributed by atoms with van der Waals surface area (Å²) in [5.41, 5.74) is 1.02. The summed E-state index contributed by atoms with van der Waals surface area (Å²) in [7, 11) is 0. The molecule has 0 aromatic heterocycles.